The summed E-state index contributed by atoms with van der Waals surface area (Å²) in [6.07, 6.45) is 3.43. The predicted octanol–water partition coefficient (Wildman–Crippen LogP) is 2.88. The molecule has 0 heterocycles. The number of carbonyl (C=O) groups excluding carboxylic acids is 2. The van der Waals surface area contributed by atoms with Gasteiger partial charge < -0.3 is 22.1 Å². The molecule has 0 radical (unpaired) electrons. The lowest BCUT2D eigenvalue weighted by atomic mass is 10.0. The lowest BCUT2D eigenvalue weighted by molar-refractivity contribution is -0.112. The van der Waals surface area contributed by atoms with Crippen LogP contribution in [0, 0.1) is 0 Å². The van der Waals surface area contributed by atoms with E-state index in [1.807, 2.05) is 48.5 Å². The van der Waals surface area contributed by atoms with Gasteiger partial charge in [0.1, 0.15) is 0 Å². The Hall–Kier alpha value is -3.54. The standard InChI is InChI=1S/C21H24N4O2/c1-14(22)11-20(26)24-18-7-3-16(4-8-18)13-17-5-9-19(10-6-17)25-21(27)12-15(2)23/h3-12H,13,22-23H2,1-2H3,(H,24,26)(H,25,27)/b14-11+,15-12+. The largest absolute Gasteiger partial charge is 0.402 e. The van der Waals surface area contributed by atoms with Gasteiger partial charge in [-0.1, -0.05) is 24.3 Å². The number of hydrogen-bond acceptors (Lipinski definition) is 4. The van der Waals surface area contributed by atoms with Gasteiger partial charge in [-0.25, -0.2) is 0 Å². The van der Waals surface area contributed by atoms with E-state index in [9.17, 15) is 9.59 Å². The van der Waals surface area contributed by atoms with Crippen molar-refractivity contribution in [2.75, 3.05) is 10.6 Å². The molecule has 0 fully saturated rings. The summed E-state index contributed by atoms with van der Waals surface area (Å²) in [6.45, 7) is 3.32. The van der Waals surface area contributed by atoms with Crippen LogP contribution in [0.2, 0.25) is 0 Å². The highest BCUT2D eigenvalue weighted by Gasteiger charge is 2.02. The van der Waals surface area contributed by atoms with Crippen molar-refractivity contribution in [3.63, 3.8) is 0 Å². The Bertz CT molecular complexity index is 785. The lowest BCUT2D eigenvalue weighted by Gasteiger charge is -2.07. The van der Waals surface area contributed by atoms with Gasteiger partial charge in [0, 0.05) is 34.9 Å². The van der Waals surface area contributed by atoms with Crippen LogP contribution < -0.4 is 22.1 Å². The molecule has 0 unspecified atom stereocenters. The average molecular weight is 364 g/mol. The summed E-state index contributed by atoms with van der Waals surface area (Å²) in [6, 6.07) is 15.2. The SMILES string of the molecule is C/C(N)=C\C(=O)Nc1ccc(Cc2ccc(NC(=O)/C=C(\C)N)cc2)cc1. The average Bonchev–Trinajstić information content (AvgIpc) is 2.57. The molecule has 0 atom stereocenters. The summed E-state index contributed by atoms with van der Waals surface area (Å²) in [5.74, 6) is -0.500. The van der Waals surface area contributed by atoms with Gasteiger partial charge in [-0.2, -0.15) is 0 Å². The van der Waals surface area contributed by atoms with Crippen molar-refractivity contribution in [2.24, 2.45) is 11.5 Å². The fourth-order valence-corrected chi connectivity index (χ4v) is 2.42. The van der Waals surface area contributed by atoms with Crippen LogP contribution in [0.3, 0.4) is 0 Å². The van der Waals surface area contributed by atoms with Gasteiger partial charge in [-0.05, 0) is 55.7 Å². The number of allylic oxidation sites excluding steroid dienone is 2. The monoisotopic (exact) mass is 364 g/mol. The van der Waals surface area contributed by atoms with E-state index in [-0.39, 0.29) is 11.8 Å². The minimum atomic E-state index is -0.250. The molecular formula is C21H24N4O2. The molecule has 6 heteroatoms. The fraction of sp³-hybridized carbons (Fsp3) is 0.143. The summed E-state index contributed by atoms with van der Waals surface area (Å²) in [5, 5.41) is 5.51. The molecule has 2 rings (SSSR count). The van der Waals surface area contributed by atoms with E-state index in [4.69, 9.17) is 11.5 Å². The Morgan fingerprint density at radius 3 is 1.37 bits per heavy atom. The number of benzene rings is 2. The molecule has 27 heavy (non-hydrogen) atoms. The molecule has 6 nitrogen and oxygen atoms in total. The smallest absolute Gasteiger partial charge is 0.250 e. The first-order chi connectivity index (χ1) is 12.8. The molecule has 2 aromatic rings. The van der Waals surface area contributed by atoms with E-state index in [0.717, 1.165) is 17.5 Å². The highest BCUT2D eigenvalue weighted by atomic mass is 16.2. The summed E-state index contributed by atoms with van der Waals surface area (Å²) < 4.78 is 0. The first kappa shape index (κ1) is 19.8. The Kier molecular flexibility index (Phi) is 6.77. The zero-order valence-corrected chi connectivity index (χ0v) is 15.5. The van der Waals surface area contributed by atoms with Crippen molar-refractivity contribution in [3.8, 4) is 0 Å². The first-order valence-electron chi connectivity index (χ1n) is 8.49. The molecule has 0 aliphatic heterocycles. The van der Waals surface area contributed by atoms with Gasteiger partial charge in [0.05, 0.1) is 0 Å². The number of rotatable bonds is 6. The van der Waals surface area contributed by atoms with Gasteiger partial charge >= 0.3 is 0 Å². The van der Waals surface area contributed by atoms with Gasteiger partial charge in [-0.15, -0.1) is 0 Å². The van der Waals surface area contributed by atoms with E-state index in [0.29, 0.717) is 22.8 Å². The van der Waals surface area contributed by atoms with Crippen LogP contribution in [-0.2, 0) is 16.0 Å². The third-order valence-corrected chi connectivity index (χ3v) is 3.57. The molecule has 0 aromatic heterocycles. The third-order valence-electron chi connectivity index (χ3n) is 3.57. The minimum Gasteiger partial charge on any atom is -0.402 e. The second-order valence-electron chi connectivity index (χ2n) is 6.33. The maximum absolute atomic E-state index is 11.7. The van der Waals surface area contributed by atoms with Crippen molar-refractivity contribution in [1.29, 1.82) is 0 Å². The van der Waals surface area contributed by atoms with Crippen LogP contribution in [0.1, 0.15) is 25.0 Å². The van der Waals surface area contributed by atoms with E-state index >= 15 is 0 Å². The van der Waals surface area contributed by atoms with E-state index in [1.54, 1.807) is 13.8 Å². The number of hydrogen-bond donors (Lipinski definition) is 4. The topological polar surface area (TPSA) is 110 Å². The van der Waals surface area contributed by atoms with Crippen molar-refractivity contribution in [3.05, 3.63) is 83.2 Å². The van der Waals surface area contributed by atoms with E-state index < -0.39 is 0 Å². The number of nitrogens with one attached hydrogen (secondary N) is 2. The van der Waals surface area contributed by atoms with Gasteiger partial charge in [-0.3, -0.25) is 9.59 Å². The predicted molar refractivity (Wildman–Crippen MR) is 109 cm³/mol. The van der Waals surface area contributed by atoms with Crippen LogP contribution in [0.5, 0.6) is 0 Å². The second-order valence-corrected chi connectivity index (χ2v) is 6.33. The molecule has 6 N–H and O–H groups in total. The molecule has 2 amide bonds. The Morgan fingerprint density at radius 1 is 0.741 bits per heavy atom. The minimum absolute atomic E-state index is 0.250. The van der Waals surface area contributed by atoms with Crippen LogP contribution >= 0.6 is 0 Å². The van der Waals surface area contributed by atoms with Gasteiger partial charge in [0.25, 0.3) is 0 Å². The zero-order chi connectivity index (χ0) is 19.8. The Labute approximate surface area is 158 Å². The molecule has 0 aliphatic carbocycles. The van der Waals surface area contributed by atoms with Crippen molar-refractivity contribution < 1.29 is 9.59 Å². The molecule has 0 bridgehead atoms. The first-order valence-corrected chi connectivity index (χ1v) is 8.49. The Balaban J connectivity index is 1.95. The van der Waals surface area contributed by atoms with Crippen molar-refractivity contribution in [2.45, 2.75) is 20.3 Å². The molecule has 0 spiro atoms. The number of nitrogens with two attached hydrogens (primary N) is 2. The maximum atomic E-state index is 11.7. The molecule has 0 saturated heterocycles. The zero-order valence-electron chi connectivity index (χ0n) is 15.5. The number of carbonyl (C=O) groups is 2. The van der Waals surface area contributed by atoms with Crippen molar-refractivity contribution in [1.82, 2.24) is 0 Å². The summed E-state index contributed by atoms with van der Waals surface area (Å²) in [5.41, 5.74) is 15.5. The quantitative estimate of drug-likeness (QED) is 0.591. The lowest BCUT2D eigenvalue weighted by Crippen LogP contribution is -2.10. The van der Waals surface area contributed by atoms with Crippen LogP contribution in [0.25, 0.3) is 0 Å². The molecular weight excluding hydrogens is 340 g/mol. The molecule has 0 saturated carbocycles. The normalized spacial score (nSPS) is 11.8. The highest BCUT2D eigenvalue weighted by Crippen LogP contribution is 2.16. The highest BCUT2D eigenvalue weighted by molar-refractivity contribution is 6.00. The van der Waals surface area contributed by atoms with Crippen LogP contribution in [0.4, 0.5) is 11.4 Å². The number of amides is 2. The van der Waals surface area contributed by atoms with Gasteiger partial charge in [0.15, 0.2) is 0 Å². The number of anilines is 2. The second kappa shape index (κ2) is 9.24. The molecule has 140 valence electrons. The Morgan fingerprint density at radius 2 is 1.07 bits per heavy atom. The van der Waals surface area contributed by atoms with E-state index in [2.05, 4.69) is 10.6 Å². The van der Waals surface area contributed by atoms with Crippen LogP contribution in [-0.4, -0.2) is 11.8 Å². The molecule has 0 aliphatic rings. The van der Waals surface area contributed by atoms with E-state index in [1.165, 1.54) is 12.2 Å². The summed E-state index contributed by atoms with van der Waals surface area (Å²) in [4.78, 5) is 23.3. The third kappa shape index (κ3) is 7.07. The summed E-state index contributed by atoms with van der Waals surface area (Å²) >= 11 is 0. The van der Waals surface area contributed by atoms with Gasteiger partial charge in [0.2, 0.25) is 11.8 Å². The summed E-state index contributed by atoms with van der Waals surface area (Å²) in [7, 11) is 0. The maximum Gasteiger partial charge on any atom is 0.250 e. The van der Waals surface area contributed by atoms with Crippen molar-refractivity contribution >= 4 is 23.2 Å². The fourth-order valence-electron chi connectivity index (χ4n) is 2.42. The van der Waals surface area contributed by atoms with Crippen LogP contribution in [0.15, 0.2) is 72.1 Å². The molecule has 2 aromatic carbocycles.